The van der Waals surface area contributed by atoms with Crippen molar-refractivity contribution < 1.29 is 9.47 Å². The maximum Gasteiger partial charge on any atom is 0.120 e. The molecular formula is C16H20N2O2. The first kappa shape index (κ1) is 14.1. The van der Waals surface area contributed by atoms with E-state index in [2.05, 4.69) is 4.90 Å². The van der Waals surface area contributed by atoms with Crippen molar-refractivity contribution in [1.29, 1.82) is 0 Å². The molecule has 2 aromatic rings. The molecule has 0 amide bonds. The number of nitrogens with zero attached hydrogens (tertiary/aromatic N) is 1. The first-order valence-corrected chi connectivity index (χ1v) is 6.41. The maximum atomic E-state index is 6.05. The van der Waals surface area contributed by atoms with Crippen molar-refractivity contribution in [2.75, 3.05) is 31.9 Å². The lowest BCUT2D eigenvalue weighted by Gasteiger charge is -2.21. The van der Waals surface area contributed by atoms with Gasteiger partial charge in [-0.25, -0.2) is 0 Å². The van der Waals surface area contributed by atoms with Gasteiger partial charge in [-0.2, -0.15) is 0 Å². The van der Waals surface area contributed by atoms with Crippen LogP contribution in [0.1, 0.15) is 5.56 Å². The van der Waals surface area contributed by atoms with E-state index in [0.717, 1.165) is 35.0 Å². The van der Waals surface area contributed by atoms with Crippen LogP contribution in [0.2, 0.25) is 0 Å². The number of hydrogen-bond acceptors (Lipinski definition) is 4. The van der Waals surface area contributed by atoms with Gasteiger partial charge in [0.25, 0.3) is 0 Å². The summed E-state index contributed by atoms with van der Waals surface area (Å²) in [5.74, 6) is 1.62. The van der Waals surface area contributed by atoms with Gasteiger partial charge in [0.2, 0.25) is 0 Å². The molecule has 0 aliphatic carbocycles. The maximum absolute atomic E-state index is 6.05. The molecule has 2 aromatic carbocycles. The Kier molecular flexibility index (Phi) is 4.35. The third-order valence-electron chi connectivity index (χ3n) is 3.25. The Morgan fingerprint density at radius 1 is 1.00 bits per heavy atom. The first-order chi connectivity index (χ1) is 9.63. The number of nitrogen functional groups attached to an aromatic ring is 1. The predicted octanol–water partition coefficient (Wildman–Crippen LogP) is 2.92. The summed E-state index contributed by atoms with van der Waals surface area (Å²) in [6.07, 6.45) is 0. The Balaban J connectivity index is 2.16. The predicted molar refractivity (Wildman–Crippen MR) is 82.5 cm³/mol. The number of anilines is 2. The molecule has 0 aliphatic rings. The monoisotopic (exact) mass is 272 g/mol. The minimum atomic E-state index is 0.725. The minimum Gasteiger partial charge on any atom is -0.497 e. The van der Waals surface area contributed by atoms with Crippen LogP contribution in [0.25, 0.3) is 0 Å². The van der Waals surface area contributed by atoms with Gasteiger partial charge in [0.05, 0.1) is 14.2 Å². The smallest absolute Gasteiger partial charge is 0.120 e. The molecule has 0 radical (unpaired) electrons. The highest BCUT2D eigenvalue weighted by Gasteiger charge is 2.07. The molecule has 4 heteroatoms. The molecule has 0 saturated carbocycles. The van der Waals surface area contributed by atoms with E-state index < -0.39 is 0 Å². The third-order valence-corrected chi connectivity index (χ3v) is 3.25. The number of methoxy groups -OCH3 is 2. The molecule has 0 aromatic heterocycles. The zero-order valence-electron chi connectivity index (χ0n) is 12.1. The number of rotatable bonds is 5. The summed E-state index contributed by atoms with van der Waals surface area (Å²) < 4.78 is 10.4. The van der Waals surface area contributed by atoms with Crippen molar-refractivity contribution in [1.82, 2.24) is 0 Å². The van der Waals surface area contributed by atoms with Crippen LogP contribution in [0.15, 0.2) is 42.5 Å². The molecule has 0 heterocycles. The first-order valence-electron chi connectivity index (χ1n) is 6.41. The summed E-state index contributed by atoms with van der Waals surface area (Å²) in [6.45, 7) is 0.725. The lowest BCUT2D eigenvalue weighted by Crippen LogP contribution is -2.17. The molecule has 0 bridgehead atoms. The highest BCUT2D eigenvalue weighted by molar-refractivity contribution is 5.55. The molecule has 106 valence electrons. The van der Waals surface area contributed by atoms with Crippen molar-refractivity contribution in [2.45, 2.75) is 6.54 Å². The van der Waals surface area contributed by atoms with Crippen molar-refractivity contribution >= 4 is 11.4 Å². The van der Waals surface area contributed by atoms with Crippen LogP contribution in [0.4, 0.5) is 11.4 Å². The fourth-order valence-corrected chi connectivity index (χ4v) is 2.04. The third kappa shape index (κ3) is 3.15. The summed E-state index contributed by atoms with van der Waals surface area (Å²) in [6, 6.07) is 13.7. The topological polar surface area (TPSA) is 47.7 Å². The Morgan fingerprint density at radius 3 is 2.35 bits per heavy atom. The van der Waals surface area contributed by atoms with E-state index >= 15 is 0 Å². The minimum absolute atomic E-state index is 0.725. The molecule has 2 N–H and O–H groups in total. The Morgan fingerprint density at radius 2 is 1.70 bits per heavy atom. The van der Waals surface area contributed by atoms with E-state index in [9.17, 15) is 0 Å². The average molecular weight is 272 g/mol. The normalized spacial score (nSPS) is 10.2. The van der Waals surface area contributed by atoms with E-state index in [4.69, 9.17) is 15.2 Å². The van der Waals surface area contributed by atoms with Crippen LogP contribution in [0, 0.1) is 0 Å². The van der Waals surface area contributed by atoms with E-state index in [1.165, 1.54) is 0 Å². The molecule has 0 atom stereocenters. The van der Waals surface area contributed by atoms with Crippen molar-refractivity contribution in [3.8, 4) is 11.5 Å². The lowest BCUT2D eigenvalue weighted by atomic mass is 10.1. The SMILES string of the molecule is COc1cccc(N(C)Cc2ccc(OC)cc2N)c1. The van der Waals surface area contributed by atoms with E-state index in [-0.39, 0.29) is 0 Å². The van der Waals surface area contributed by atoms with Gasteiger partial charge in [0.1, 0.15) is 11.5 Å². The van der Waals surface area contributed by atoms with Crippen LogP contribution in [0.3, 0.4) is 0 Å². The molecule has 4 nitrogen and oxygen atoms in total. The van der Waals surface area contributed by atoms with Crippen molar-refractivity contribution in [2.24, 2.45) is 0 Å². The van der Waals surface area contributed by atoms with Gasteiger partial charge >= 0.3 is 0 Å². The fraction of sp³-hybridized carbons (Fsp3) is 0.250. The van der Waals surface area contributed by atoms with Gasteiger partial charge in [-0.05, 0) is 23.8 Å². The summed E-state index contributed by atoms with van der Waals surface area (Å²) in [7, 11) is 5.33. The van der Waals surface area contributed by atoms with Gasteiger partial charge in [-0.1, -0.05) is 12.1 Å². The summed E-state index contributed by atoms with van der Waals surface area (Å²) in [5, 5.41) is 0. The molecule has 0 aliphatic heterocycles. The summed E-state index contributed by atoms with van der Waals surface area (Å²) >= 11 is 0. The van der Waals surface area contributed by atoms with E-state index in [1.807, 2.05) is 49.5 Å². The quantitative estimate of drug-likeness (QED) is 0.850. The Bertz CT molecular complexity index is 584. The van der Waals surface area contributed by atoms with Gasteiger partial charge in [0, 0.05) is 37.1 Å². The van der Waals surface area contributed by atoms with Crippen molar-refractivity contribution in [3.05, 3.63) is 48.0 Å². The second-order valence-corrected chi connectivity index (χ2v) is 4.62. The summed E-state index contributed by atoms with van der Waals surface area (Å²) in [5.41, 5.74) is 8.93. The Labute approximate surface area is 119 Å². The molecule has 2 rings (SSSR count). The van der Waals surface area contributed by atoms with Gasteiger partial charge in [-0.3, -0.25) is 0 Å². The summed E-state index contributed by atoms with van der Waals surface area (Å²) in [4.78, 5) is 2.13. The molecular weight excluding hydrogens is 252 g/mol. The number of nitrogens with two attached hydrogens (primary N) is 1. The van der Waals surface area contributed by atoms with E-state index in [1.54, 1.807) is 14.2 Å². The van der Waals surface area contributed by atoms with Gasteiger partial charge < -0.3 is 20.1 Å². The van der Waals surface area contributed by atoms with Gasteiger partial charge in [0.15, 0.2) is 0 Å². The second-order valence-electron chi connectivity index (χ2n) is 4.62. The lowest BCUT2D eigenvalue weighted by molar-refractivity contribution is 0.415. The molecule has 20 heavy (non-hydrogen) atoms. The zero-order chi connectivity index (χ0) is 14.5. The standard InChI is InChI=1S/C16H20N2O2/c1-18(13-5-4-6-14(9-13)19-2)11-12-7-8-15(20-3)10-16(12)17/h4-10H,11,17H2,1-3H3. The average Bonchev–Trinajstić information content (AvgIpc) is 2.49. The number of hydrogen-bond donors (Lipinski definition) is 1. The molecule has 0 unspecified atom stereocenters. The fourth-order valence-electron chi connectivity index (χ4n) is 2.04. The highest BCUT2D eigenvalue weighted by atomic mass is 16.5. The largest absolute Gasteiger partial charge is 0.497 e. The molecule has 0 saturated heterocycles. The molecule has 0 spiro atoms. The van der Waals surface area contributed by atoms with Crippen LogP contribution in [0.5, 0.6) is 11.5 Å². The van der Waals surface area contributed by atoms with Crippen LogP contribution in [-0.2, 0) is 6.54 Å². The zero-order valence-corrected chi connectivity index (χ0v) is 12.1. The van der Waals surface area contributed by atoms with Crippen LogP contribution in [-0.4, -0.2) is 21.3 Å². The number of benzene rings is 2. The highest BCUT2D eigenvalue weighted by Crippen LogP contribution is 2.25. The van der Waals surface area contributed by atoms with E-state index in [0.29, 0.717) is 0 Å². The van der Waals surface area contributed by atoms with Crippen LogP contribution >= 0.6 is 0 Å². The number of ether oxygens (including phenoxy) is 2. The second kappa shape index (κ2) is 6.19. The van der Waals surface area contributed by atoms with Gasteiger partial charge in [-0.15, -0.1) is 0 Å². The Hall–Kier alpha value is -2.36. The molecule has 0 fully saturated rings. The van der Waals surface area contributed by atoms with Crippen LogP contribution < -0.4 is 20.1 Å². The van der Waals surface area contributed by atoms with Crippen molar-refractivity contribution in [3.63, 3.8) is 0 Å².